The molecule has 0 amide bonds. The fraction of sp³-hybridized carbons (Fsp3) is 0.188. The highest BCUT2D eigenvalue weighted by atomic mass is 79.9. The molecule has 2 aromatic carbocycles. The zero-order valence-electron chi connectivity index (χ0n) is 10.7. The highest BCUT2D eigenvalue weighted by Crippen LogP contribution is 2.27. The molecule has 1 aliphatic carbocycles. The maximum atomic E-state index is 11.6. The van der Waals surface area contributed by atoms with Crippen LogP contribution in [0.4, 0.5) is 0 Å². The fourth-order valence-electron chi connectivity index (χ4n) is 2.32. The second-order valence-electron chi connectivity index (χ2n) is 4.77. The summed E-state index contributed by atoms with van der Waals surface area (Å²) in [6.45, 7) is 0.416. The van der Waals surface area contributed by atoms with E-state index in [-0.39, 0.29) is 5.78 Å². The van der Waals surface area contributed by atoms with Crippen molar-refractivity contribution in [1.29, 1.82) is 0 Å². The molecule has 2 aromatic rings. The molecule has 0 bridgehead atoms. The molecular weight excluding hydrogens is 340 g/mol. The van der Waals surface area contributed by atoms with Crippen LogP contribution in [0.25, 0.3) is 0 Å². The molecule has 0 aliphatic heterocycles. The number of carbonyl (C=O) groups excluding carboxylic acids is 1. The minimum atomic E-state index is 0.225. The molecule has 0 heterocycles. The van der Waals surface area contributed by atoms with Crippen molar-refractivity contribution < 1.29 is 9.53 Å². The number of ketones is 1. The predicted octanol–water partition coefficient (Wildman–Crippen LogP) is 4.81. The van der Waals surface area contributed by atoms with Crippen LogP contribution in [0.2, 0.25) is 5.02 Å². The van der Waals surface area contributed by atoms with Crippen molar-refractivity contribution in [3.63, 3.8) is 0 Å². The van der Waals surface area contributed by atoms with Gasteiger partial charge in [0.2, 0.25) is 0 Å². The maximum absolute atomic E-state index is 11.6. The molecule has 102 valence electrons. The Hall–Kier alpha value is -1.32. The normalized spacial score (nSPS) is 13.4. The largest absolute Gasteiger partial charge is 0.489 e. The lowest BCUT2D eigenvalue weighted by Crippen LogP contribution is -1.97. The van der Waals surface area contributed by atoms with E-state index in [9.17, 15) is 4.79 Å². The van der Waals surface area contributed by atoms with E-state index in [4.69, 9.17) is 16.3 Å². The van der Waals surface area contributed by atoms with E-state index in [0.29, 0.717) is 18.1 Å². The van der Waals surface area contributed by atoms with E-state index in [2.05, 4.69) is 15.9 Å². The van der Waals surface area contributed by atoms with E-state index in [0.717, 1.165) is 33.3 Å². The Labute approximate surface area is 130 Å². The van der Waals surface area contributed by atoms with Gasteiger partial charge in [-0.3, -0.25) is 4.79 Å². The van der Waals surface area contributed by atoms with Crippen molar-refractivity contribution >= 4 is 33.3 Å². The first kappa shape index (κ1) is 13.7. The second kappa shape index (κ2) is 5.58. The van der Waals surface area contributed by atoms with Crippen molar-refractivity contribution in [1.82, 2.24) is 0 Å². The van der Waals surface area contributed by atoms with Gasteiger partial charge in [0, 0.05) is 27.0 Å². The van der Waals surface area contributed by atoms with Crippen LogP contribution in [0.1, 0.15) is 27.9 Å². The SMILES string of the molecule is O=C1CCc2cc(OCc3ccc(Br)cc3Cl)ccc21. The summed E-state index contributed by atoms with van der Waals surface area (Å²) in [7, 11) is 0. The van der Waals surface area contributed by atoms with Crippen molar-refractivity contribution in [2.24, 2.45) is 0 Å². The van der Waals surface area contributed by atoms with Crippen LogP contribution >= 0.6 is 27.5 Å². The second-order valence-corrected chi connectivity index (χ2v) is 6.09. The van der Waals surface area contributed by atoms with E-state index >= 15 is 0 Å². The highest BCUT2D eigenvalue weighted by Gasteiger charge is 2.19. The molecule has 0 radical (unpaired) electrons. The van der Waals surface area contributed by atoms with Crippen LogP contribution in [-0.2, 0) is 13.0 Å². The molecule has 0 aromatic heterocycles. The molecular formula is C16H12BrClO2. The van der Waals surface area contributed by atoms with Gasteiger partial charge in [-0.1, -0.05) is 33.6 Å². The van der Waals surface area contributed by atoms with Gasteiger partial charge in [-0.05, 0) is 42.3 Å². The lowest BCUT2D eigenvalue weighted by Gasteiger charge is -2.09. The predicted molar refractivity (Wildman–Crippen MR) is 82.6 cm³/mol. The van der Waals surface area contributed by atoms with Crippen molar-refractivity contribution in [3.8, 4) is 5.75 Å². The van der Waals surface area contributed by atoms with Crippen LogP contribution in [0.5, 0.6) is 5.75 Å². The molecule has 1 aliphatic rings. The van der Waals surface area contributed by atoms with Crippen molar-refractivity contribution in [2.75, 3.05) is 0 Å². The number of rotatable bonds is 3. The molecule has 0 fully saturated rings. The van der Waals surface area contributed by atoms with Gasteiger partial charge in [0.25, 0.3) is 0 Å². The number of benzene rings is 2. The summed E-state index contributed by atoms with van der Waals surface area (Å²) in [6.07, 6.45) is 1.42. The van der Waals surface area contributed by atoms with E-state index < -0.39 is 0 Å². The molecule has 0 saturated heterocycles. The molecule has 4 heteroatoms. The standard InChI is InChI=1S/C16H12BrClO2/c17-12-3-1-11(15(18)8-12)9-20-13-4-5-14-10(7-13)2-6-16(14)19/h1,3-5,7-8H,2,6,9H2. The fourth-order valence-corrected chi connectivity index (χ4v) is 3.05. The Morgan fingerprint density at radius 3 is 2.80 bits per heavy atom. The number of hydrogen-bond acceptors (Lipinski definition) is 2. The summed E-state index contributed by atoms with van der Waals surface area (Å²) in [5.74, 6) is 1.000. The molecule has 2 nitrogen and oxygen atoms in total. The van der Waals surface area contributed by atoms with Crippen molar-refractivity contribution in [3.05, 3.63) is 62.6 Å². The van der Waals surface area contributed by atoms with Gasteiger partial charge < -0.3 is 4.74 Å². The minimum absolute atomic E-state index is 0.225. The highest BCUT2D eigenvalue weighted by molar-refractivity contribution is 9.10. The smallest absolute Gasteiger partial charge is 0.163 e. The molecule has 0 unspecified atom stereocenters. The summed E-state index contributed by atoms with van der Waals surface area (Å²) >= 11 is 9.53. The van der Waals surface area contributed by atoms with Gasteiger partial charge in [0.1, 0.15) is 12.4 Å². The zero-order valence-corrected chi connectivity index (χ0v) is 13.0. The first-order valence-corrected chi connectivity index (χ1v) is 7.53. The van der Waals surface area contributed by atoms with Gasteiger partial charge >= 0.3 is 0 Å². The number of fused-ring (bicyclic) bond motifs is 1. The third kappa shape index (κ3) is 2.74. The van der Waals surface area contributed by atoms with Crippen LogP contribution in [0, 0.1) is 0 Å². The van der Waals surface area contributed by atoms with E-state index in [1.165, 1.54) is 0 Å². The van der Waals surface area contributed by atoms with Gasteiger partial charge in [-0.15, -0.1) is 0 Å². The average molecular weight is 352 g/mol. The topological polar surface area (TPSA) is 26.3 Å². The molecule has 0 spiro atoms. The van der Waals surface area contributed by atoms with Gasteiger partial charge in [-0.2, -0.15) is 0 Å². The Balaban J connectivity index is 1.74. The first-order valence-electron chi connectivity index (χ1n) is 6.36. The molecule has 20 heavy (non-hydrogen) atoms. The Morgan fingerprint density at radius 1 is 1.15 bits per heavy atom. The summed E-state index contributed by atoms with van der Waals surface area (Å²) in [6, 6.07) is 11.4. The minimum Gasteiger partial charge on any atom is -0.489 e. The third-order valence-corrected chi connectivity index (χ3v) is 4.25. The third-order valence-electron chi connectivity index (χ3n) is 3.41. The Morgan fingerprint density at radius 2 is 2.00 bits per heavy atom. The first-order chi connectivity index (χ1) is 9.63. The summed E-state index contributed by atoms with van der Waals surface area (Å²) in [5, 5.41) is 0.677. The number of aryl methyl sites for hydroxylation is 1. The Bertz CT molecular complexity index is 682. The number of halogens is 2. The number of ether oxygens (including phenoxy) is 1. The van der Waals surface area contributed by atoms with Crippen LogP contribution in [-0.4, -0.2) is 5.78 Å². The van der Waals surface area contributed by atoms with Gasteiger partial charge in [0.15, 0.2) is 5.78 Å². The number of carbonyl (C=O) groups is 1. The van der Waals surface area contributed by atoms with Crippen molar-refractivity contribution in [2.45, 2.75) is 19.4 Å². The molecule has 0 atom stereocenters. The monoisotopic (exact) mass is 350 g/mol. The lowest BCUT2D eigenvalue weighted by atomic mass is 10.1. The van der Waals surface area contributed by atoms with E-state index in [1.807, 2.05) is 36.4 Å². The maximum Gasteiger partial charge on any atom is 0.163 e. The quantitative estimate of drug-likeness (QED) is 0.793. The van der Waals surface area contributed by atoms with Crippen LogP contribution < -0.4 is 4.74 Å². The summed E-state index contributed by atoms with van der Waals surface area (Å²) in [4.78, 5) is 11.6. The van der Waals surface area contributed by atoms with E-state index in [1.54, 1.807) is 0 Å². The molecule has 3 rings (SSSR count). The summed E-state index contributed by atoms with van der Waals surface area (Å²) < 4.78 is 6.71. The number of Topliss-reactive ketones (excluding diaryl/α,β-unsaturated/α-hetero) is 1. The van der Waals surface area contributed by atoms with Gasteiger partial charge in [-0.25, -0.2) is 0 Å². The lowest BCUT2D eigenvalue weighted by molar-refractivity contribution is 0.0994. The average Bonchev–Trinajstić information content (AvgIpc) is 2.79. The van der Waals surface area contributed by atoms with Crippen LogP contribution in [0.3, 0.4) is 0 Å². The van der Waals surface area contributed by atoms with Gasteiger partial charge in [0.05, 0.1) is 0 Å². The zero-order chi connectivity index (χ0) is 14.1. The number of hydrogen-bond donors (Lipinski definition) is 0. The van der Waals surface area contributed by atoms with Crippen LogP contribution in [0.15, 0.2) is 40.9 Å². The Kier molecular flexibility index (Phi) is 3.81. The molecule has 0 saturated carbocycles. The summed E-state index contributed by atoms with van der Waals surface area (Å²) in [5.41, 5.74) is 2.85. The molecule has 0 N–H and O–H groups in total.